The zero-order valence-electron chi connectivity index (χ0n) is 15.7. The maximum absolute atomic E-state index is 13.5. The topological polar surface area (TPSA) is 106 Å². The lowest BCUT2D eigenvalue weighted by Gasteiger charge is -2.05. The second kappa shape index (κ2) is 11.2. The SMILES string of the molecule is COC(=O)COc1ccc(C=NNC(=O)CCNC(=O)c2ccccc2F)cc1. The molecule has 0 unspecified atom stereocenters. The van der Waals surface area contributed by atoms with Gasteiger partial charge < -0.3 is 14.8 Å². The number of methoxy groups -OCH3 is 1. The van der Waals surface area contributed by atoms with Crippen LogP contribution in [0.25, 0.3) is 0 Å². The summed E-state index contributed by atoms with van der Waals surface area (Å²) >= 11 is 0. The summed E-state index contributed by atoms with van der Waals surface area (Å²) in [5.74, 6) is -1.62. The Kier molecular flexibility index (Phi) is 8.30. The van der Waals surface area contributed by atoms with E-state index in [1.807, 2.05) is 0 Å². The van der Waals surface area contributed by atoms with Gasteiger partial charge in [0.05, 0.1) is 18.9 Å². The average Bonchev–Trinajstić information content (AvgIpc) is 2.73. The number of nitrogens with one attached hydrogen (secondary N) is 2. The molecule has 0 atom stereocenters. The minimum Gasteiger partial charge on any atom is -0.482 e. The number of carbonyl (C=O) groups is 3. The summed E-state index contributed by atoms with van der Waals surface area (Å²) in [5, 5.41) is 6.29. The fourth-order valence-corrected chi connectivity index (χ4v) is 2.12. The largest absolute Gasteiger partial charge is 0.482 e. The summed E-state index contributed by atoms with van der Waals surface area (Å²) in [5.41, 5.74) is 2.95. The van der Waals surface area contributed by atoms with Crippen molar-refractivity contribution >= 4 is 24.0 Å². The Morgan fingerprint density at radius 2 is 1.83 bits per heavy atom. The number of nitrogens with zero attached hydrogens (tertiary/aromatic N) is 1. The maximum atomic E-state index is 13.5. The highest BCUT2D eigenvalue weighted by Gasteiger charge is 2.10. The number of amides is 2. The van der Waals surface area contributed by atoms with Gasteiger partial charge in [0.25, 0.3) is 5.91 Å². The van der Waals surface area contributed by atoms with Gasteiger partial charge in [-0.15, -0.1) is 0 Å². The quantitative estimate of drug-likeness (QED) is 0.378. The van der Waals surface area contributed by atoms with Gasteiger partial charge in [-0.3, -0.25) is 9.59 Å². The third kappa shape index (κ3) is 7.41. The first kappa shape index (κ1) is 21.5. The van der Waals surface area contributed by atoms with Crippen LogP contribution in [0.5, 0.6) is 5.75 Å². The van der Waals surface area contributed by atoms with E-state index >= 15 is 0 Å². The highest BCUT2D eigenvalue weighted by molar-refractivity contribution is 5.94. The standard InChI is InChI=1S/C20H20FN3O5/c1-28-19(26)13-29-15-8-6-14(7-9-15)12-23-24-18(25)10-11-22-20(27)16-4-2-3-5-17(16)21/h2-9,12H,10-11,13H2,1H3,(H,22,27)(H,24,25). The molecule has 2 N–H and O–H groups in total. The van der Waals surface area contributed by atoms with E-state index in [9.17, 15) is 18.8 Å². The normalized spacial score (nSPS) is 10.4. The molecule has 0 saturated carbocycles. The Hall–Kier alpha value is -3.75. The number of ether oxygens (including phenoxy) is 2. The van der Waals surface area contributed by atoms with Crippen LogP contribution in [-0.2, 0) is 14.3 Å². The molecule has 2 rings (SSSR count). The van der Waals surface area contributed by atoms with Crippen molar-refractivity contribution in [3.05, 3.63) is 65.5 Å². The Labute approximate surface area is 166 Å². The summed E-state index contributed by atoms with van der Waals surface area (Å²) in [6.07, 6.45) is 1.41. The van der Waals surface area contributed by atoms with E-state index < -0.39 is 23.6 Å². The number of hydrogen-bond donors (Lipinski definition) is 2. The average molecular weight is 401 g/mol. The van der Waals surface area contributed by atoms with Crippen molar-refractivity contribution in [3.8, 4) is 5.75 Å². The molecule has 2 aromatic rings. The lowest BCUT2D eigenvalue weighted by Crippen LogP contribution is -2.29. The molecule has 0 radical (unpaired) electrons. The van der Waals surface area contributed by atoms with Crippen molar-refractivity contribution in [2.45, 2.75) is 6.42 Å². The molecule has 0 heterocycles. The predicted molar refractivity (Wildman–Crippen MR) is 103 cm³/mol. The first-order chi connectivity index (χ1) is 14.0. The zero-order chi connectivity index (χ0) is 21.1. The van der Waals surface area contributed by atoms with E-state index in [1.54, 1.807) is 30.3 Å². The number of carbonyl (C=O) groups excluding carboxylic acids is 3. The molecule has 0 aromatic heterocycles. The van der Waals surface area contributed by atoms with Crippen LogP contribution in [0.1, 0.15) is 22.3 Å². The number of benzene rings is 2. The second-order valence-electron chi connectivity index (χ2n) is 5.71. The molecule has 0 aliphatic rings. The van der Waals surface area contributed by atoms with E-state index in [-0.39, 0.29) is 25.1 Å². The molecule has 0 bridgehead atoms. The first-order valence-corrected chi connectivity index (χ1v) is 8.64. The van der Waals surface area contributed by atoms with E-state index in [1.165, 1.54) is 31.5 Å². The zero-order valence-corrected chi connectivity index (χ0v) is 15.7. The van der Waals surface area contributed by atoms with Crippen molar-refractivity contribution in [2.75, 3.05) is 20.3 Å². The highest BCUT2D eigenvalue weighted by Crippen LogP contribution is 2.11. The molecule has 0 aliphatic heterocycles. The van der Waals surface area contributed by atoms with Crippen LogP contribution in [0.4, 0.5) is 4.39 Å². The van der Waals surface area contributed by atoms with Crippen molar-refractivity contribution < 1.29 is 28.2 Å². The molecule has 0 fully saturated rings. The highest BCUT2D eigenvalue weighted by atomic mass is 19.1. The van der Waals surface area contributed by atoms with Crippen LogP contribution in [0.2, 0.25) is 0 Å². The van der Waals surface area contributed by atoms with Gasteiger partial charge in [-0.1, -0.05) is 12.1 Å². The number of halogens is 1. The summed E-state index contributed by atoms with van der Waals surface area (Å²) in [7, 11) is 1.27. The van der Waals surface area contributed by atoms with Gasteiger partial charge >= 0.3 is 5.97 Å². The Morgan fingerprint density at radius 3 is 2.52 bits per heavy atom. The summed E-state index contributed by atoms with van der Waals surface area (Å²) in [6.45, 7) is -0.145. The number of hydrogen-bond acceptors (Lipinski definition) is 6. The predicted octanol–water partition coefficient (Wildman–Crippen LogP) is 1.65. The van der Waals surface area contributed by atoms with E-state index in [4.69, 9.17) is 4.74 Å². The molecule has 152 valence electrons. The maximum Gasteiger partial charge on any atom is 0.343 e. The van der Waals surface area contributed by atoms with Crippen molar-refractivity contribution in [3.63, 3.8) is 0 Å². The second-order valence-corrected chi connectivity index (χ2v) is 5.71. The number of esters is 1. The van der Waals surface area contributed by atoms with Gasteiger partial charge in [-0.05, 0) is 42.0 Å². The molecule has 0 aliphatic carbocycles. The molecular weight excluding hydrogens is 381 g/mol. The molecule has 8 nitrogen and oxygen atoms in total. The fourth-order valence-electron chi connectivity index (χ4n) is 2.12. The summed E-state index contributed by atoms with van der Waals surface area (Å²) in [6, 6.07) is 12.3. The molecular formula is C20H20FN3O5. The van der Waals surface area contributed by atoms with Crippen LogP contribution < -0.4 is 15.5 Å². The summed E-state index contributed by atoms with van der Waals surface area (Å²) in [4.78, 5) is 34.6. The van der Waals surface area contributed by atoms with Crippen molar-refractivity contribution in [2.24, 2.45) is 5.10 Å². The first-order valence-electron chi connectivity index (χ1n) is 8.64. The van der Waals surface area contributed by atoms with Crippen molar-refractivity contribution in [1.82, 2.24) is 10.7 Å². The molecule has 29 heavy (non-hydrogen) atoms. The number of hydrazone groups is 1. The molecule has 2 aromatic carbocycles. The minimum atomic E-state index is -0.624. The summed E-state index contributed by atoms with van der Waals surface area (Å²) < 4.78 is 23.2. The Morgan fingerprint density at radius 1 is 1.10 bits per heavy atom. The Bertz CT molecular complexity index is 884. The molecule has 0 spiro atoms. The van der Waals surface area contributed by atoms with Crippen molar-refractivity contribution in [1.29, 1.82) is 0 Å². The third-order valence-electron chi connectivity index (χ3n) is 3.62. The van der Waals surface area contributed by atoms with E-state index in [0.29, 0.717) is 11.3 Å². The van der Waals surface area contributed by atoms with Crippen LogP contribution in [0, 0.1) is 5.82 Å². The van der Waals surface area contributed by atoms with Gasteiger partial charge in [-0.25, -0.2) is 14.6 Å². The van der Waals surface area contributed by atoms with E-state index in [0.717, 1.165) is 0 Å². The van der Waals surface area contributed by atoms with Crippen LogP contribution >= 0.6 is 0 Å². The minimum absolute atomic E-state index is 0.0160. The van der Waals surface area contributed by atoms with Gasteiger partial charge in [-0.2, -0.15) is 5.10 Å². The monoisotopic (exact) mass is 401 g/mol. The third-order valence-corrected chi connectivity index (χ3v) is 3.62. The van der Waals surface area contributed by atoms with Crippen LogP contribution in [0.3, 0.4) is 0 Å². The molecule has 2 amide bonds. The lowest BCUT2D eigenvalue weighted by molar-refractivity contribution is -0.142. The lowest BCUT2D eigenvalue weighted by atomic mass is 10.2. The van der Waals surface area contributed by atoms with Gasteiger partial charge in [0.1, 0.15) is 11.6 Å². The van der Waals surface area contributed by atoms with Gasteiger partial charge in [0.2, 0.25) is 5.91 Å². The Balaban J connectivity index is 1.70. The van der Waals surface area contributed by atoms with E-state index in [2.05, 4.69) is 20.6 Å². The smallest absolute Gasteiger partial charge is 0.343 e. The van der Waals surface area contributed by atoms with Gasteiger partial charge in [0, 0.05) is 13.0 Å². The van der Waals surface area contributed by atoms with Gasteiger partial charge in [0.15, 0.2) is 6.61 Å². The number of rotatable bonds is 9. The van der Waals surface area contributed by atoms with Crippen LogP contribution in [0.15, 0.2) is 53.6 Å². The fraction of sp³-hybridized carbons (Fsp3) is 0.200. The van der Waals surface area contributed by atoms with Crippen LogP contribution in [-0.4, -0.2) is 44.3 Å². The molecule has 0 saturated heterocycles. The molecule has 9 heteroatoms.